The van der Waals surface area contributed by atoms with Crippen LogP contribution in [0.15, 0.2) is 11.8 Å². The van der Waals surface area contributed by atoms with Gasteiger partial charge in [-0.2, -0.15) is 0 Å². The van der Waals surface area contributed by atoms with Crippen molar-refractivity contribution in [1.82, 2.24) is 4.90 Å². The summed E-state index contributed by atoms with van der Waals surface area (Å²) in [5.41, 5.74) is 0.279. The fourth-order valence-corrected chi connectivity index (χ4v) is 1.51. The molecule has 0 unspecified atom stereocenters. The predicted octanol–water partition coefficient (Wildman–Crippen LogP) is 0.312. The predicted molar refractivity (Wildman–Crippen MR) is 52.9 cm³/mol. The lowest BCUT2D eigenvalue weighted by Gasteiger charge is -2.18. The second-order valence-electron chi connectivity index (χ2n) is 3.24. The Labute approximate surface area is 88.6 Å². The maximum atomic E-state index is 11.4. The summed E-state index contributed by atoms with van der Waals surface area (Å²) in [6, 6.07) is 0. The smallest absolute Gasteiger partial charge is 0.354 e. The van der Waals surface area contributed by atoms with Gasteiger partial charge in [0.1, 0.15) is 5.70 Å². The van der Waals surface area contributed by atoms with Gasteiger partial charge < -0.3 is 14.4 Å². The highest BCUT2D eigenvalue weighted by molar-refractivity contribution is 5.95. The lowest BCUT2D eigenvalue weighted by molar-refractivity contribution is -0.139. The van der Waals surface area contributed by atoms with Crippen molar-refractivity contribution in [2.45, 2.75) is 12.8 Å². The Hall–Kier alpha value is -1.52. The Bertz CT molecular complexity index is 279. The molecule has 1 saturated heterocycles. The van der Waals surface area contributed by atoms with E-state index in [1.807, 2.05) is 4.90 Å². The van der Waals surface area contributed by atoms with E-state index in [-0.39, 0.29) is 5.70 Å². The summed E-state index contributed by atoms with van der Waals surface area (Å²) >= 11 is 0. The van der Waals surface area contributed by atoms with Crippen LogP contribution >= 0.6 is 0 Å². The zero-order valence-electron chi connectivity index (χ0n) is 8.99. The molecule has 1 fully saturated rings. The second kappa shape index (κ2) is 5.38. The van der Waals surface area contributed by atoms with Crippen LogP contribution in [-0.4, -0.2) is 44.1 Å². The average Bonchev–Trinajstić information content (AvgIpc) is 2.77. The maximum absolute atomic E-state index is 11.4. The van der Waals surface area contributed by atoms with Gasteiger partial charge in [-0.25, -0.2) is 9.59 Å². The first kappa shape index (κ1) is 11.6. The summed E-state index contributed by atoms with van der Waals surface area (Å²) < 4.78 is 9.10. The SMILES string of the molecule is COC(=O)/C=C(\C(=O)OC)N1CCCC1. The van der Waals surface area contributed by atoms with Crippen molar-refractivity contribution >= 4 is 11.9 Å². The number of hydrogen-bond acceptors (Lipinski definition) is 5. The molecule has 0 spiro atoms. The first-order chi connectivity index (χ1) is 7.19. The molecule has 1 heterocycles. The number of rotatable bonds is 3. The van der Waals surface area contributed by atoms with Crippen LogP contribution < -0.4 is 0 Å². The molecule has 0 aliphatic carbocycles. The van der Waals surface area contributed by atoms with E-state index in [0.29, 0.717) is 0 Å². The first-order valence-electron chi connectivity index (χ1n) is 4.82. The summed E-state index contributed by atoms with van der Waals surface area (Å²) in [7, 11) is 2.57. The third-order valence-electron chi connectivity index (χ3n) is 2.30. The van der Waals surface area contributed by atoms with Crippen molar-refractivity contribution in [2.75, 3.05) is 27.3 Å². The molecule has 5 nitrogen and oxygen atoms in total. The Morgan fingerprint density at radius 3 is 2.20 bits per heavy atom. The molecule has 1 aliphatic heterocycles. The molecule has 5 heteroatoms. The van der Waals surface area contributed by atoms with E-state index in [4.69, 9.17) is 0 Å². The molecule has 84 valence electrons. The van der Waals surface area contributed by atoms with E-state index in [2.05, 4.69) is 9.47 Å². The van der Waals surface area contributed by atoms with Crippen molar-refractivity contribution in [3.8, 4) is 0 Å². The van der Waals surface area contributed by atoms with Gasteiger partial charge in [0.2, 0.25) is 0 Å². The van der Waals surface area contributed by atoms with E-state index in [9.17, 15) is 9.59 Å². The molecule has 0 aromatic carbocycles. The number of carbonyl (C=O) groups is 2. The van der Waals surface area contributed by atoms with Gasteiger partial charge in [0.15, 0.2) is 0 Å². The molecule has 1 rings (SSSR count). The molecular weight excluding hydrogens is 198 g/mol. The molecule has 0 aromatic rings. The third-order valence-corrected chi connectivity index (χ3v) is 2.30. The largest absolute Gasteiger partial charge is 0.466 e. The average molecular weight is 213 g/mol. The molecule has 0 atom stereocenters. The Kier molecular flexibility index (Phi) is 4.15. The van der Waals surface area contributed by atoms with E-state index in [1.54, 1.807) is 0 Å². The minimum Gasteiger partial charge on any atom is -0.466 e. The Morgan fingerprint density at radius 1 is 1.13 bits per heavy atom. The number of hydrogen-bond donors (Lipinski definition) is 0. The molecular formula is C10H15NO4. The fraction of sp³-hybridized carbons (Fsp3) is 0.600. The van der Waals surface area contributed by atoms with E-state index in [1.165, 1.54) is 20.3 Å². The van der Waals surface area contributed by atoms with Gasteiger partial charge in [-0.05, 0) is 12.8 Å². The van der Waals surface area contributed by atoms with Crippen LogP contribution in [0.4, 0.5) is 0 Å². The van der Waals surface area contributed by atoms with Gasteiger partial charge >= 0.3 is 11.9 Å². The number of esters is 2. The van der Waals surface area contributed by atoms with Gasteiger partial charge in [-0.3, -0.25) is 0 Å². The molecule has 0 saturated carbocycles. The summed E-state index contributed by atoms with van der Waals surface area (Å²) in [5, 5.41) is 0. The van der Waals surface area contributed by atoms with Crippen molar-refractivity contribution in [3.05, 3.63) is 11.8 Å². The van der Waals surface area contributed by atoms with Gasteiger partial charge in [0, 0.05) is 13.1 Å². The molecule has 1 aliphatic rings. The highest BCUT2D eigenvalue weighted by Gasteiger charge is 2.22. The van der Waals surface area contributed by atoms with Gasteiger partial charge in [-0.15, -0.1) is 0 Å². The summed E-state index contributed by atoms with van der Waals surface area (Å²) in [4.78, 5) is 24.3. The summed E-state index contributed by atoms with van der Waals surface area (Å²) in [6.45, 7) is 1.55. The highest BCUT2D eigenvalue weighted by Crippen LogP contribution is 2.15. The van der Waals surface area contributed by atoms with Crippen molar-refractivity contribution in [2.24, 2.45) is 0 Å². The third kappa shape index (κ3) is 2.97. The molecule has 0 radical (unpaired) electrons. The summed E-state index contributed by atoms with van der Waals surface area (Å²) in [5.74, 6) is -1.04. The zero-order chi connectivity index (χ0) is 11.3. The standard InChI is InChI=1S/C10H15NO4/c1-14-9(12)7-8(10(13)15-2)11-5-3-4-6-11/h7H,3-6H2,1-2H3/b8-7+. The van der Waals surface area contributed by atoms with Crippen molar-refractivity contribution in [1.29, 1.82) is 0 Å². The quantitative estimate of drug-likeness (QED) is 0.499. The van der Waals surface area contributed by atoms with Crippen LogP contribution in [0.25, 0.3) is 0 Å². The van der Waals surface area contributed by atoms with Crippen LogP contribution in [0, 0.1) is 0 Å². The molecule has 0 bridgehead atoms. The molecule has 15 heavy (non-hydrogen) atoms. The summed E-state index contributed by atoms with van der Waals surface area (Å²) in [6.07, 6.45) is 3.22. The lowest BCUT2D eigenvalue weighted by atomic mass is 10.3. The fourth-order valence-electron chi connectivity index (χ4n) is 1.51. The number of nitrogens with zero attached hydrogens (tertiary/aromatic N) is 1. The lowest BCUT2D eigenvalue weighted by Crippen LogP contribution is -2.26. The molecule has 0 aromatic heterocycles. The van der Waals surface area contributed by atoms with Crippen molar-refractivity contribution in [3.63, 3.8) is 0 Å². The number of ether oxygens (including phenoxy) is 2. The Morgan fingerprint density at radius 2 is 1.73 bits per heavy atom. The van der Waals surface area contributed by atoms with E-state index < -0.39 is 11.9 Å². The van der Waals surface area contributed by atoms with Crippen LogP contribution in [0.3, 0.4) is 0 Å². The number of likely N-dealkylation sites (tertiary alicyclic amines) is 1. The zero-order valence-corrected chi connectivity index (χ0v) is 8.99. The van der Waals surface area contributed by atoms with Crippen molar-refractivity contribution < 1.29 is 19.1 Å². The van der Waals surface area contributed by atoms with Gasteiger partial charge in [0.05, 0.1) is 20.3 Å². The van der Waals surface area contributed by atoms with Crippen LogP contribution in [0.5, 0.6) is 0 Å². The van der Waals surface area contributed by atoms with Gasteiger partial charge in [-0.1, -0.05) is 0 Å². The van der Waals surface area contributed by atoms with E-state index >= 15 is 0 Å². The second-order valence-corrected chi connectivity index (χ2v) is 3.24. The topological polar surface area (TPSA) is 55.8 Å². The van der Waals surface area contributed by atoms with E-state index in [0.717, 1.165) is 25.9 Å². The first-order valence-corrected chi connectivity index (χ1v) is 4.82. The van der Waals surface area contributed by atoms with Crippen LogP contribution in [-0.2, 0) is 19.1 Å². The minimum atomic E-state index is -0.540. The monoisotopic (exact) mass is 213 g/mol. The highest BCUT2D eigenvalue weighted by atomic mass is 16.5. The number of carbonyl (C=O) groups excluding carboxylic acids is 2. The number of methoxy groups -OCH3 is 2. The molecule has 0 amide bonds. The Balaban J connectivity index is 2.81. The van der Waals surface area contributed by atoms with Crippen LogP contribution in [0.2, 0.25) is 0 Å². The van der Waals surface area contributed by atoms with Crippen LogP contribution in [0.1, 0.15) is 12.8 Å². The van der Waals surface area contributed by atoms with Gasteiger partial charge in [0.25, 0.3) is 0 Å². The molecule has 0 N–H and O–H groups in total. The minimum absolute atomic E-state index is 0.279. The normalized spacial score (nSPS) is 16.4. The maximum Gasteiger partial charge on any atom is 0.354 e.